The number of fused-ring (bicyclic) bond motifs is 1. The molecule has 0 radical (unpaired) electrons. The average molecular weight is 286 g/mol. The highest BCUT2D eigenvalue weighted by Gasteiger charge is 2.23. The molecule has 20 heavy (non-hydrogen) atoms. The Hall–Kier alpha value is -1.31. The molecule has 0 heterocycles. The minimum Gasteiger partial charge on any atom is -0.307 e. The molecule has 2 aromatic rings. The molecule has 104 valence electrons. The van der Waals surface area contributed by atoms with Crippen molar-refractivity contribution in [2.45, 2.75) is 38.8 Å². The molecule has 0 spiro atoms. The standard InChI is InChI=1S/C18H20ClN/c1-12-5-3-4-6-18(12)13(2)20-17-10-14-7-8-16(19)9-15(14)11-17/h3-9,13,17,20H,10-11H2,1-2H3/t13-,17?/m0/s1. The number of rotatable bonds is 3. The molecular weight excluding hydrogens is 266 g/mol. The van der Waals surface area contributed by atoms with Crippen molar-refractivity contribution in [2.75, 3.05) is 0 Å². The first-order valence-corrected chi connectivity index (χ1v) is 7.60. The third kappa shape index (κ3) is 2.74. The Bertz CT molecular complexity index is 621. The van der Waals surface area contributed by atoms with E-state index < -0.39 is 0 Å². The highest BCUT2D eigenvalue weighted by molar-refractivity contribution is 6.30. The Balaban J connectivity index is 1.70. The maximum absolute atomic E-state index is 6.07. The van der Waals surface area contributed by atoms with Gasteiger partial charge in [-0.3, -0.25) is 0 Å². The van der Waals surface area contributed by atoms with Crippen LogP contribution in [0.15, 0.2) is 42.5 Å². The summed E-state index contributed by atoms with van der Waals surface area (Å²) in [5.74, 6) is 0. The van der Waals surface area contributed by atoms with Crippen molar-refractivity contribution >= 4 is 11.6 Å². The Morgan fingerprint density at radius 2 is 1.85 bits per heavy atom. The molecule has 1 nitrogen and oxygen atoms in total. The molecule has 2 atom stereocenters. The van der Waals surface area contributed by atoms with Gasteiger partial charge >= 0.3 is 0 Å². The predicted octanol–water partition coefficient (Wildman–Crippen LogP) is 4.47. The van der Waals surface area contributed by atoms with Gasteiger partial charge in [-0.1, -0.05) is 41.9 Å². The van der Waals surface area contributed by atoms with Crippen LogP contribution in [0.3, 0.4) is 0 Å². The minimum absolute atomic E-state index is 0.381. The quantitative estimate of drug-likeness (QED) is 0.877. The molecule has 3 rings (SSSR count). The van der Waals surface area contributed by atoms with Crippen LogP contribution in [0.2, 0.25) is 5.02 Å². The summed E-state index contributed by atoms with van der Waals surface area (Å²) in [7, 11) is 0. The third-order valence-corrected chi connectivity index (χ3v) is 4.48. The van der Waals surface area contributed by atoms with Crippen LogP contribution in [0.5, 0.6) is 0 Å². The van der Waals surface area contributed by atoms with E-state index in [2.05, 4.69) is 55.6 Å². The van der Waals surface area contributed by atoms with E-state index in [0.717, 1.165) is 17.9 Å². The summed E-state index contributed by atoms with van der Waals surface area (Å²) in [6.07, 6.45) is 2.18. The lowest BCUT2D eigenvalue weighted by Crippen LogP contribution is -2.32. The number of benzene rings is 2. The van der Waals surface area contributed by atoms with Crippen LogP contribution in [-0.2, 0) is 12.8 Å². The molecule has 0 amide bonds. The van der Waals surface area contributed by atoms with Gasteiger partial charge in [-0.15, -0.1) is 0 Å². The molecule has 1 aliphatic rings. The van der Waals surface area contributed by atoms with Gasteiger partial charge in [0.25, 0.3) is 0 Å². The van der Waals surface area contributed by atoms with Crippen molar-refractivity contribution in [3.63, 3.8) is 0 Å². The summed E-state index contributed by atoms with van der Waals surface area (Å²) < 4.78 is 0. The van der Waals surface area contributed by atoms with Crippen molar-refractivity contribution in [2.24, 2.45) is 0 Å². The van der Waals surface area contributed by atoms with Gasteiger partial charge in [0, 0.05) is 17.1 Å². The lowest BCUT2D eigenvalue weighted by atomic mass is 10.0. The van der Waals surface area contributed by atoms with E-state index in [4.69, 9.17) is 11.6 Å². The third-order valence-electron chi connectivity index (χ3n) is 4.24. The maximum atomic E-state index is 6.07. The van der Waals surface area contributed by atoms with Gasteiger partial charge in [0.15, 0.2) is 0 Å². The smallest absolute Gasteiger partial charge is 0.0408 e. The fraction of sp³-hybridized carbons (Fsp3) is 0.333. The molecular formula is C18H20ClN. The second-order valence-electron chi connectivity index (χ2n) is 5.76. The maximum Gasteiger partial charge on any atom is 0.0408 e. The normalized spacial score (nSPS) is 18.9. The van der Waals surface area contributed by atoms with Crippen LogP contribution in [0.1, 0.15) is 35.2 Å². The first kappa shape index (κ1) is 13.7. The number of halogens is 1. The zero-order valence-electron chi connectivity index (χ0n) is 12.0. The molecule has 2 aromatic carbocycles. The second-order valence-corrected chi connectivity index (χ2v) is 6.20. The van der Waals surface area contributed by atoms with E-state index in [0.29, 0.717) is 12.1 Å². The molecule has 0 saturated carbocycles. The highest BCUT2D eigenvalue weighted by Crippen LogP contribution is 2.27. The zero-order valence-corrected chi connectivity index (χ0v) is 12.7. The van der Waals surface area contributed by atoms with Crippen molar-refractivity contribution in [3.8, 4) is 0 Å². The number of nitrogens with one attached hydrogen (secondary N) is 1. The zero-order chi connectivity index (χ0) is 14.1. The molecule has 0 aliphatic heterocycles. The molecule has 1 aliphatic carbocycles. The lowest BCUT2D eigenvalue weighted by molar-refractivity contribution is 0.466. The van der Waals surface area contributed by atoms with E-state index >= 15 is 0 Å². The predicted molar refractivity (Wildman–Crippen MR) is 85.4 cm³/mol. The van der Waals surface area contributed by atoms with Gasteiger partial charge in [0.2, 0.25) is 0 Å². The molecule has 0 aromatic heterocycles. The Labute approximate surface area is 126 Å². The van der Waals surface area contributed by atoms with Crippen LogP contribution in [0.4, 0.5) is 0 Å². The van der Waals surface area contributed by atoms with Crippen molar-refractivity contribution in [3.05, 3.63) is 69.7 Å². The van der Waals surface area contributed by atoms with Crippen molar-refractivity contribution in [1.29, 1.82) is 0 Å². The van der Waals surface area contributed by atoms with Crippen LogP contribution in [0, 0.1) is 6.92 Å². The molecule has 0 fully saturated rings. The fourth-order valence-electron chi connectivity index (χ4n) is 3.22. The minimum atomic E-state index is 0.381. The first-order valence-electron chi connectivity index (χ1n) is 7.22. The summed E-state index contributed by atoms with van der Waals surface area (Å²) in [6, 6.07) is 15.8. The SMILES string of the molecule is Cc1ccccc1[C@H](C)NC1Cc2ccc(Cl)cc2C1. The Kier molecular flexibility index (Phi) is 3.82. The average Bonchev–Trinajstić information content (AvgIpc) is 2.80. The molecule has 0 bridgehead atoms. The molecule has 0 saturated heterocycles. The van der Waals surface area contributed by atoms with Gasteiger partial charge in [-0.2, -0.15) is 0 Å². The van der Waals surface area contributed by atoms with Crippen molar-refractivity contribution in [1.82, 2.24) is 5.32 Å². The highest BCUT2D eigenvalue weighted by atomic mass is 35.5. The van der Waals surface area contributed by atoms with E-state index in [1.165, 1.54) is 22.3 Å². The van der Waals surface area contributed by atoms with Gasteiger partial charge in [0.1, 0.15) is 0 Å². The van der Waals surface area contributed by atoms with Crippen LogP contribution >= 0.6 is 11.6 Å². The molecule has 2 heteroatoms. The lowest BCUT2D eigenvalue weighted by Gasteiger charge is -2.21. The summed E-state index contributed by atoms with van der Waals surface area (Å²) in [4.78, 5) is 0. The van der Waals surface area contributed by atoms with E-state index in [1.54, 1.807) is 0 Å². The topological polar surface area (TPSA) is 12.0 Å². The van der Waals surface area contributed by atoms with Crippen LogP contribution < -0.4 is 5.32 Å². The van der Waals surface area contributed by atoms with Crippen molar-refractivity contribution < 1.29 is 0 Å². The first-order chi connectivity index (χ1) is 9.63. The van der Waals surface area contributed by atoms with Gasteiger partial charge in [-0.25, -0.2) is 0 Å². The number of hydrogen-bond acceptors (Lipinski definition) is 1. The summed E-state index contributed by atoms with van der Waals surface area (Å²) in [5.41, 5.74) is 5.57. The second kappa shape index (κ2) is 5.59. The van der Waals surface area contributed by atoms with E-state index in [9.17, 15) is 0 Å². The fourth-order valence-corrected chi connectivity index (χ4v) is 3.42. The van der Waals surface area contributed by atoms with Gasteiger partial charge in [-0.05, 0) is 61.1 Å². The van der Waals surface area contributed by atoms with E-state index in [-0.39, 0.29) is 0 Å². The Morgan fingerprint density at radius 3 is 2.65 bits per heavy atom. The van der Waals surface area contributed by atoms with Gasteiger partial charge < -0.3 is 5.32 Å². The number of aryl methyl sites for hydroxylation is 1. The Morgan fingerprint density at radius 1 is 1.10 bits per heavy atom. The summed E-state index contributed by atoms with van der Waals surface area (Å²) >= 11 is 6.07. The number of hydrogen-bond donors (Lipinski definition) is 1. The van der Waals surface area contributed by atoms with Crippen LogP contribution in [-0.4, -0.2) is 6.04 Å². The monoisotopic (exact) mass is 285 g/mol. The largest absolute Gasteiger partial charge is 0.307 e. The van der Waals surface area contributed by atoms with E-state index in [1.807, 2.05) is 6.07 Å². The van der Waals surface area contributed by atoms with Crippen LogP contribution in [0.25, 0.3) is 0 Å². The molecule has 1 unspecified atom stereocenters. The van der Waals surface area contributed by atoms with Gasteiger partial charge in [0.05, 0.1) is 0 Å². The molecule has 1 N–H and O–H groups in total. The summed E-state index contributed by atoms with van der Waals surface area (Å²) in [6.45, 7) is 4.43. The summed E-state index contributed by atoms with van der Waals surface area (Å²) in [5, 5.41) is 4.60.